The van der Waals surface area contributed by atoms with E-state index in [-0.39, 0.29) is 24.0 Å². The van der Waals surface area contributed by atoms with Crippen LogP contribution in [0.3, 0.4) is 0 Å². The second-order valence-electron chi connectivity index (χ2n) is 6.11. The van der Waals surface area contributed by atoms with Gasteiger partial charge in [0.25, 0.3) is 0 Å². The van der Waals surface area contributed by atoms with E-state index in [0.29, 0.717) is 23.8 Å². The van der Waals surface area contributed by atoms with E-state index < -0.39 is 12.0 Å². The summed E-state index contributed by atoms with van der Waals surface area (Å²) in [6.45, 7) is 0. The minimum absolute atomic E-state index is 0.0837. The van der Waals surface area contributed by atoms with Crippen LogP contribution in [0.4, 0.5) is 4.79 Å². The number of hydrogen-bond acceptors (Lipinski definition) is 5. The third-order valence-corrected chi connectivity index (χ3v) is 6.48. The molecule has 9 heteroatoms. The van der Waals surface area contributed by atoms with E-state index in [9.17, 15) is 14.4 Å². The van der Waals surface area contributed by atoms with Gasteiger partial charge >= 0.3 is 12.0 Å². The topological polar surface area (TPSA) is 108 Å². The van der Waals surface area contributed by atoms with Crippen molar-refractivity contribution in [3.63, 3.8) is 0 Å². The lowest BCUT2D eigenvalue weighted by atomic mass is 10.0. The standard InChI is InChI=1S/C15H25N3O4S2/c1-23-7-6-9(14(20)21)16-12(19)5-3-2-4-11-13-10(8-24-11)17-15(22)18-13/h9-11,13H,2-8H2,1H3,(H,16,19)(H,20,21)(H2,17,18,22)/t9-,10-,11-,13-/m0/s1. The van der Waals surface area contributed by atoms with Crippen LogP contribution < -0.4 is 16.0 Å². The van der Waals surface area contributed by atoms with E-state index in [2.05, 4.69) is 16.0 Å². The van der Waals surface area contributed by atoms with Crippen molar-refractivity contribution in [1.29, 1.82) is 0 Å². The van der Waals surface area contributed by atoms with Crippen LogP contribution in [0.1, 0.15) is 32.1 Å². The zero-order valence-electron chi connectivity index (χ0n) is 13.7. The molecule has 7 nitrogen and oxygen atoms in total. The number of carboxylic acids is 1. The highest BCUT2D eigenvalue weighted by molar-refractivity contribution is 8.00. The Balaban J connectivity index is 1.62. The lowest BCUT2D eigenvalue weighted by Gasteiger charge is -2.17. The average molecular weight is 376 g/mol. The minimum atomic E-state index is -0.977. The first-order valence-corrected chi connectivity index (χ1v) is 10.6. The van der Waals surface area contributed by atoms with Crippen LogP contribution in [0.25, 0.3) is 0 Å². The van der Waals surface area contributed by atoms with E-state index in [0.717, 1.165) is 25.0 Å². The number of aliphatic carboxylic acids is 1. The molecule has 0 radical (unpaired) electrons. The monoisotopic (exact) mass is 375 g/mol. The van der Waals surface area contributed by atoms with Gasteiger partial charge in [-0.3, -0.25) is 4.79 Å². The molecular formula is C15H25N3O4S2. The molecule has 0 bridgehead atoms. The number of hydrogen-bond donors (Lipinski definition) is 4. The Labute approximate surface area is 150 Å². The van der Waals surface area contributed by atoms with Gasteiger partial charge in [-0.05, 0) is 31.3 Å². The molecule has 0 saturated carbocycles. The minimum Gasteiger partial charge on any atom is -0.480 e. The predicted molar refractivity (Wildman–Crippen MR) is 96.5 cm³/mol. The molecule has 4 atom stereocenters. The number of carbonyl (C=O) groups is 3. The van der Waals surface area contributed by atoms with Crippen molar-refractivity contribution in [3.8, 4) is 0 Å². The zero-order chi connectivity index (χ0) is 17.5. The molecule has 3 amide bonds. The molecule has 2 aliphatic rings. The number of fused-ring (bicyclic) bond motifs is 1. The van der Waals surface area contributed by atoms with Gasteiger partial charge in [-0.25, -0.2) is 9.59 Å². The molecule has 136 valence electrons. The maximum atomic E-state index is 11.9. The Hall–Kier alpha value is -1.09. The lowest BCUT2D eigenvalue weighted by molar-refractivity contribution is -0.141. The number of amides is 3. The average Bonchev–Trinajstić information content (AvgIpc) is 3.07. The summed E-state index contributed by atoms with van der Waals surface area (Å²) in [5, 5.41) is 18.0. The Bertz CT molecular complexity index is 478. The summed E-state index contributed by atoms with van der Waals surface area (Å²) >= 11 is 3.43. The normalized spacial score (nSPS) is 26.4. The van der Waals surface area contributed by atoms with Crippen LogP contribution in [0.5, 0.6) is 0 Å². The summed E-state index contributed by atoms with van der Waals surface area (Å²) in [4.78, 5) is 34.3. The number of rotatable bonds is 10. The number of carboxylic acid groups (broad SMARTS) is 1. The number of thioether (sulfide) groups is 2. The van der Waals surface area contributed by atoms with E-state index in [1.165, 1.54) is 0 Å². The van der Waals surface area contributed by atoms with Crippen LogP contribution >= 0.6 is 23.5 Å². The SMILES string of the molecule is CSCC[C@H](NC(=O)CCCC[C@@H]1SC[C@@H]2NC(=O)N[C@@H]21)C(=O)O. The molecule has 0 aromatic heterocycles. The first kappa shape index (κ1) is 19.2. The molecule has 2 rings (SSSR count). The van der Waals surface area contributed by atoms with Gasteiger partial charge in [0.1, 0.15) is 6.04 Å². The second kappa shape index (κ2) is 9.41. The summed E-state index contributed by atoms with van der Waals surface area (Å²) in [5.41, 5.74) is 0. The highest BCUT2D eigenvalue weighted by Gasteiger charge is 2.42. The van der Waals surface area contributed by atoms with Gasteiger partial charge < -0.3 is 21.1 Å². The summed E-state index contributed by atoms with van der Waals surface area (Å²) in [5.74, 6) is 0.467. The van der Waals surface area contributed by atoms with Crippen molar-refractivity contribution in [1.82, 2.24) is 16.0 Å². The Kier molecular flexibility index (Phi) is 7.54. The van der Waals surface area contributed by atoms with Gasteiger partial charge in [-0.1, -0.05) is 6.42 Å². The van der Waals surface area contributed by atoms with Crippen molar-refractivity contribution in [3.05, 3.63) is 0 Å². The third-order valence-electron chi connectivity index (χ3n) is 4.32. The second-order valence-corrected chi connectivity index (χ2v) is 8.37. The lowest BCUT2D eigenvalue weighted by Crippen LogP contribution is -2.41. The van der Waals surface area contributed by atoms with Crippen molar-refractivity contribution >= 4 is 41.4 Å². The Morgan fingerprint density at radius 3 is 2.92 bits per heavy atom. The molecule has 24 heavy (non-hydrogen) atoms. The van der Waals surface area contributed by atoms with Crippen LogP contribution in [0.15, 0.2) is 0 Å². The van der Waals surface area contributed by atoms with Gasteiger partial charge in [0.15, 0.2) is 0 Å². The van der Waals surface area contributed by atoms with Gasteiger partial charge in [0.2, 0.25) is 5.91 Å². The quantitative estimate of drug-likeness (QED) is 0.336. The first-order chi connectivity index (χ1) is 11.5. The maximum Gasteiger partial charge on any atom is 0.326 e. The molecule has 2 saturated heterocycles. The van der Waals surface area contributed by atoms with Crippen LogP contribution in [0, 0.1) is 0 Å². The first-order valence-electron chi connectivity index (χ1n) is 8.21. The van der Waals surface area contributed by atoms with Crippen molar-refractivity contribution in [2.45, 2.75) is 55.5 Å². The van der Waals surface area contributed by atoms with Crippen molar-refractivity contribution in [2.24, 2.45) is 0 Å². The van der Waals surface area contributed by atoms with Crippen LogP contribution in [-0.4, -0.2) is 64.2 Å². The molecule has 0 spiro atoms. The van der Waals surface area contributed by atoms with E-state index in [1.807, 2.05) is 18.0 Å². The van der Waals surface area contributed by atoms with E-state index in [1.54, 1.807) is 11.8 Å². The molecule has 4 N–H and O–H groups in total. The van der Waals surface area contributed by atoms with Crippen molar-refractivity contribution < 1.29 is 19.5 Å². The summed E-state index contributed by atoms with van der Waals surface area (Å²) < 4.78 is 0. The fourth-order valence-electron chi connectivity index (χ4n) is 3.03. The Morgan fingerprint density at radius 1 is 1.42 bits per heavy atom. The number of nitrogens with one attached hydrogen (secondary N) is 3. The zero-order valence-corrected chi connectivity index (χ0v) is 15.4. The smallest absolute Gasteiger partial charge is 0.326 e. The van der Waals surface area contributed by atoms with Crippen LogP contribution in [0.2, 0.25) is 0 Å². The highest BCUT2D eigenvalue weighted by Crippen LogP contribution is 2.33. The summed E-state index contributed by atoms with van der Waals surface area (Å²) in [6.07, 6.45) is 5.28. The summed E-state index contributed by atoms with van der Waals surface area (Å²) in [6, 6.07) is -0.460. The fraction of sp³-hybridized carbons (Fsp3) is 0.800. The van der Waals surface area contributed by atoms with Crippen molar-refractivity contribution in [2.75, 3.05) is 17.8 Å². The largest absolute Gasteiger partial charge is 0.480 e. The molecule has 2 aliphatic heterocycles. The van der Waals surface area contributed by atoms with Gasteiger partial charge in [0, 0.05) is 17.4 Å². The van der Waals surface area contributed by atoms with Gasteiger partial charge in [-0.15, -0.1) is 0 Å². The molecule has 2 fully saturated rings. The van der Waals surface area contributed by atoms with E-state index in [4.69, 9.17) is 5.11 Å². The molecule has 0 aromatic rings. The molecule has 2 heterocycles. The van der Waals surface area contributed by atoms with Gasteiger partial charge in [0.05, 0.1) is 12.1 Å². The summed E-state index contributed by atoms with van der Waals surface area (Å²) in [7, 11) is 0. The third kappa shape index (κ3) is 5.47. The molecular weight excluding hydrogens is 350 g/mol. The fourth-order valence-corrected chi connectivity index (χ4v) is 5.05. The maximum absolute atomic E-state index is 11.9. The van der Waals surface area contributed by atoms with Crippen LogP contribution in [-0.2, 0) is 9.59 Å². The predicted octanol–water partition coefficient (Wildman–Crippen LogP) is 1.03. The highest BCUT2D eigenvalue weighted by atomic mass is 32.2. The number of carbonyl (C=O) groups excluding carboxylic acids is 2. The molecule has 0 unspecified atom stereocenters. The number of unbranched alkanes of at least 4 members (excludes halogenated alkanes) is 1. The Morgan fingerprint density at radius 2 is 2.21 bits per heavy atom. The number of urea groups is 1. The molecule has 0 aromatic carbocycles. The van der Waals surface area contributed by atoms with Gasteiger partial charge in [-0.2, -0.15) is 23.5 Å². The molecule has 0 aliphatic carbocycles. The van der Waals surface area contributed by atoms with E-state index >= 15 is 0 Å².